The molecular weight excluding hydrogens is 340 g/mol. The van der Waals surface area contributed by atoms with Gasteiger partial charge in [0.1, 0.15) is 23.5 Å². The number of nitrogens with one attached hydrogen (secondary N) is 2. The number of esters is 1. The van der Waals surface area contributed by atoms with Gasteiger partial charge in [0, 0.05) is 25.9 Å². The molecule has 0 saturated carbocycles. The zero-order valence-electron chi connectivity index (χ0n) is 16.1. The maximum Gasteiger partial charge on any atom is 0.306 e. The smallest absolute Gasteiger partial charge is 0.306 e. The minimum Gasteiger partial charge on any atom is -0.460 e. The molecule has 0 aromatic carbocycles. The van der Waals surface area contributed by atoms with Gasteiger partial charge in [-0.05, 0) is 40.5 Å². The molecule has 0 aliphatic carbocycles. The molecule has 6 N–H and O–H groups in total. The van der Waals surface area contributed by atoms with Crippen LogP contribution in [-0.2, 0) is 23.9 Å². The molecule has 0 aliphatic heterocycles. The Labute approximate surface area is 154 Å². The molecule has 2 atom stereocenters. The molecule has 0 bridgehead atoms. The summed E-state index contributed by atoms with van der Waals surface area (Å²) in [6.45, 7) is 7.31. The van der Waals surface area contributed by atoms with Crippen LogP contribution in [0.2, 0.25) is 0 Å². The average molecular weight is 372 g/mol. The topological polar surface area (TPSA) is 154 Å². The Bertz CT molecular complexity index is 502. The Morgan fingerprint density at radius 3 is 1.69 bits per heavy atom. The molecule has 0 fully saturated rings. The van der Waals surface area contributed by atoms with E-state index < -0.39 is 29.5 Å². The quantitative estimate of drug-likeness (QED) is 0.278. The predicted octanol–water partition coefficient (Wildman–Crippen LogP) is -0.635. The standard InChI is InChI=1S/C17H32N4O5/c1-11(22)7-5-9-20-15(24)13(18)14(19)16(25)21-10-6-8-12(23)26-17(2,3)4/h13-14H,5-10,18-19H2,1-4H3,(H,20,24)(H,21,25)/t13-,14+/m1/s1. The summed E-state index contributed by atoms with van der Waals surface area (Å²) in [5.74, 6) is -1.44. The van der Waals surface area contributed by atoms with Crippen LogP contribution in [0.25, 0.3) is 0 Å². The Hall–Kier alpha value is -2.00. The van der Waals surface area contributed by atoms with E-state index in [0.29, 0.717) is 19.3 Å². The van der Waals surface area contributed by atoms with Crippen molar-refractivity contribution in [2.45, 2.75) is 71.1 Å². The largest absolute Gasteiger partial charge is 0.460 e. The third-order valence-corrected chi connectivity index (χ3v) is 3.27. The van der Waals surface area contributed by atoms with Gasteiger partial charge in [0.2, 0.25) is 11.8 Å². The van der Waals surface area contributed by atoms with Gasteiger partial charge >= 0.3 is 5.97 Å². The summed E-state index contributed by atoms with van der Waals surface area (Å²) in [6, 6.07) is -2.40. The van der Waals surface area contributed by atoms with Crippen molar-refractivity contribution in [2.24, 2.45) is 11.5 Å². The van der Waals surface area contributed by atoms with Gasteiger partial charge in [-0.25, -0.2) is 0 Å². The highest BCUT2D eigenvalue weighted by atomic mass is 16.6. The van der Waals surface area contributed by atoms with E-state index in [2.05, 4.69) is 10.6 Å². The SMILES string of the molecule is CC(=O)CCCNC(=O)[C@H](N)[C@H](N)C(=O)NCCCC(=O)OC(C)(C)C. The van der Waals surface area contributed by atoms with Gasteiger partial charge < -0.3 is 31.6 Å². The molecule has 0 aromatic heterocycles. The number of nitrogens with two attached hydrogens (primary N) is 2. The number of amides is 2. The summed E-state index contributed by atoms with van der Waals surface area (Å²) < 4.78 is 5.15. The van der Waals surface area contributed by atoms with Crippen molar-refractivity contribution in [3.63, 3.8) is 0 Å². The zero-order chi connectivity index (χ0) is 20.3. The summed E-state index contributed by atoms with van der Waals surface area (Å²) in [5, 5.41) is 5.08. The third kappa shape index (κ3) is 11.5. The van der Waals surface area contributed by atoms with E-state index in [1.807, 2.05) is 0 Å². The lowest BCUT2D eigenvalue weighted by atomic mass is 10.1. The zero-order valence-corrected chi connectivity index (χ0v) is 16.1. The monoisotopic (exact) mass is 372 g/mol. The first-order valence-electron chi connectivity index (χ1n) is 8.72. The van der Waals surface area contributed by atoms with Crippen molar-refractivity contribution < 1.29 is 23.9 Å². The Morgan fingerprint density at radius 1 is 0.885 bits per heavy atom. The third-order valence-electron chi connectivity index (χ3n) is 3.27. The Kier molecular flexibility index (Phi) is 10.7. The number of ether oxygens (including phenoxy) is 1. The molecule has 26 heavy (non-hydrogen) atoms. The van der Waals surface area contributed by atoms with Gasteiger partial charge in [-0.3, -0.25) is 14.4 Å². The summed E-state index contributed by atoms with van der Waals surface area (Å²) in [5.41, 5.74) is 10.8. The lowest BCUT2D eigenvalue weighted by Crippen LogP contribution is -2.58. The first-order valence-corrected chi connectivity index (χ1v) is 8.72. The number of rotatable bonds is 11. The van der Waals surface area contributed by atoms with Crippen LogP contribution in [0, 0.1) is 0 Å². The molecule has 0 radical (unpaired) electrons. The van der Waals surface area contributed by atoms with Crippen LogP contribution in [0.1, 0.15) is 53.4 Å². The fourth-order valence-electron chi connectivity index (χ4n) is 1.95. The minimum atomic E-state index is -1.20. The molecule has 0 spiro atoms. The van der Waals surface area contributed by atoms with Crippen molar-refractivity contribution in [1.82, 2.24) is 10.6 Å². The number of carbonyl (C=O) groups excluding carboxylic acids is 4. The van der Waals surface area contributed by atoms with Crippen LogP contribution < -0.4 is 22.1 Å². The van der Waals surface area contributed by atoms with E-state index in [9.17, 15) is 19.2 Å². The first-order chi connectivity index (χ1) is 11.9. The summed E-state index contributed by atoms with van der Waals surface area (Å²) in [7, 11) is 0. The Balaban J connectivity index is 4.07. The minimum absolute atomic E-state index is 0.0333. The van der Waals surface area contributed by atoms with Crippen LogP contribution in [0.5, 0.6) is 0 Å². The second-order valence-corrected chi connectivity index (χ2v) is 7.13. The maximum atomic E-state index is 11.9. The summed E-state index contributed by atoms with van der Waals surface area (Å²) in [6.07, 6.45) is 1.41. The molecule has 9 heteroatoms. The molecule has 9 nitrogen and oxygen atoms in total. The molecule has 2 amide bonds. The molecule has 0 unspecified atom stereocenters. The number of ketones is 1. The second-order valence-electron chi connectivity index (χ2n) is 7.13. The molecule has 0 heterocycles. The molecular formula is C17H32N4O5. The normalized spacial score (nSPS) is 13.5. The number of carbonyl (C=O) groups is 4. The van der Waals surface area contributed by atoms with Crippen molar-refractivity contribution >= 4 is 23.6 Å². The van der Waals surface area contributed by atoms with Gasteiger partial charge in [-0.1, -0.05) is 0 Å². The van der Waals surface area contributed by atoms with E-state index in [0.717, 1.165) is 0 Å². The average Bonchev–Trinajstić information content (AvgIpc) is 2.51. The van der Waals surface area contributed by atoms with Gasteiger partial charge in [0.15, 0.2) is 0 Å². The molecule has 150 valence electrons. The molecule has 0 aromatic rings. The van der Waals surface area contributed by atoms with E-state index in [1.165, 1.54) is 6.92 Å². The van der Waals surface area contributed by atoms with Crippen LogP contribution in [0.15, 0.2) is 0 Å². The summed E-state index contributed by atoms with van der Waals surface area (Å²) >= 11 is 0. The molecule has 0 aliphatic rings. The highest BCUT2D eigenvalue weighted by molar-refractivity contribution is 5.92. The van der Waals surface area contributed by atoms with E-state index >= 15 is 0 Å². The Morgan fingerprint density at radius 2 is 1.31 bits per heavy atom. The lowest BCUT2D eigenvalue weighted by molar-refractivity contribution is -0.155. The van der Waals surface area contributed by atoms with Crippen LogP contribution in [0.4, 0.5) is 0 Å². The van der Waals surface area contributed by atoms with Gasteiger partial charge in [-0.15, -0.1) is 0 Å². The number of hydrogen-bond acceptors (Lipinski definition) is 7. The highest BCUT2D eigenvalue weighted by Gasteiger charge is 2.27. The van der Waals surface area contributed by atoms with Crippen LogP contribution in [0.3, 0.4) is 0 Å². The fourth-order valence-corrected chi connectivity index (χ4v) is 1.95. The fraction of sp³-hybridized carbons (Fsp3) is 0.765. The van der Waals surface area contributed by atoms with Gasteiger partial charge in [0.25, 0.3) is 0 Å². The highest BCUT2D eigenvalue weighted by Crippen LogP contribution is 2.08. The second kappa shape index (κ2) is 11.6. The molecule has 0 saturated heterocycles. The summed E-state index contributed by atoms with van der Waals surface area (Å²) in [4.78, 5) is 46.1. The first kappa shape index (κ1) is 24.0. The number of Topliss-reactive ketones (excluding diaryl/α,β-unsaturated/α-hetero) is 1. The van der Waals surface area contributed by atoms with E-state index in [4.69, 9.17) is 16.2 Å². The number of hydrogen-bond donors (Lipinski definition) is 4. The predicted molar refractivity (Wildman–Crippen MR) is 97.0 cm³/mol. The van der Waals surface area contributed by atoms with Crippen molar-refractivity contribution in [1.29, 1.82) is 0 Å². The van der Waals surface area contributed by atoms with Crippen LogP contribution >= 0.6 is 0 Å². The lowest BCUT2D eigenvalue weighted by Gasteiger charge is -2.20. The molecule has 0 rings (SSSR count). The maximum absolute atomic E-state index is 11.9. The van der Waals surface area contributed by atoms with E-state index in [-0.39, 0.29) is 31.3 Å². The van der Waals surface area contributed by atoms with Crippen molar-refractivity contribution in [3.05, 3.63) is 0 Å². The van der Waals surface area contributed by atoms with E-state index in [1.54, 1.807) is 20.8 Å². The van der Waals surface area contributed by atoms with Crippen molar-refractivity contribution in [2.75, 3.05) is 13.1 Å². The van der Waals surface area contributed by atoms with Crippen molar-refractivity contribution in [3.8, 4) is 0 Å². The van der Waals surface area contributed by atoms with Gasteiger partial charge in [-0.2, -0.15) is 0 Å². The van der Waals surface area contributed by atoms with Crippen LogP contribution in [-0.4, -0.2) is 54.3 Å². The van der Waals surface area contributed by atoms with Gasteiger partial charge in [0.05, 0.1) is 0 Å².